The van der Waals surface area contributed by atoms with Crippen LogP contribution in [-0.4, -0.2) is 45.8 Å². The summed E-state index contributed by atoms with van der Waals surface area (Å²) in [6.07, 6.45) is 3.96. The molecule has 0 saturated heterocycles. The predicted molar refractivity (Wildman–Crippen MR) is 164 cm³/mol. The number of benzene rings is 1. The number of carbonyl (C=O) groups excluding carboxylic acids is 2. The Morgan fingerprint density at radius 3 is 1.58 bits per heavy atom. The average molecular weight is 599 g/mol. The molecule has 2 unspecified atom stereocenters. The molecule has 0 bridgehead atoms. The Hall–Kier alpha value is -0.780. The summed E-state index contributed by atoms with van der Waals surface area (Å²) >= 11 is 11.4. The summed E-state index contributed by atoms with van der Waals surface area (Å²) in [6, 6.07) is 8.99. The monoisotopic (exact) mass is 598 g/mol. The Morgan fingerprint density at radius 2 is 1.19 bits per heavy atom. The van der Waals surface area contributed by atoms with E-state index in [2.05, 4.69) is 48.2 Å². The molecule has 1 aromatic rings. The molecule has 0 aliphatic carbocycles. The lowest BCUT2D eigenvalue weighted by molar-refractivity contribution is -0.138. The van der Waals surface area contributed by atoms with E-state index >= 15 is 0 Å². The van der Waals surface area contributed by atoms with E-state index in [1.54, 1.807) is 0 Å². The maximum Gasteiger partial charge on any atom is 0.330 e. The summed E-state index contributed by atoms with van der Waals surface area (Å²) in [6.45, 7) is 7.66. The average Bonchev–Trinajstić information content (AvgIpc) is 3.54. The molecule has 36 heavy (non-hydrogen) atoms. The molecule has 4 nitrogen and oxygen atoms in total. The number of hydrogen-bond donors (Lipinski definition) is 0. The van der Waals surface area contributed by atoms with Gasteiger partial charge in [-0.2, -0.15) is 23.5 Å². The van der Waals surface area contributed by atoms with Gasteiger partial charge in [-0.3, -0.25) is 0 Å². The summed E-state index contributed by atoms with van der Waals surface area (Å²) in [4.78, 5) is 24.8. The van der Waals surface area contributed by atoms with E-state index in [9.17, 15) is 9.59 Å². The van der Waals surface area contributed by atoms with Crippen LogP contribution < -0.4 is 0 Å². The van der Waals surface area contributed by atoms with Gasteiger partial charge in [-0.15, -0.1) is 47.0 Å². The summed E-state index contributed by atoms with van der Waals surface area (Å²) in [7, 11) is 0. The van der Waals surface area contributed by atoms with Crippen LogP contribution in [0.2, 0.25) is 0 Å². The van der Waals surface area contributed by atoms with Crippen LogP contribution in [0.1, 0.15) is 24.0 Å². The summed E-state index contributed by atoms with van der Waals surface area (Å²) in [5, 5.41) is 4.40. The second-order valence-corrected chi connectivity index (χ2v) is 15.1. The Kier molecular flexibility index (Phi) is 14.0. The van der Waals surface area contributed by atoms with Crippen molar-refractivity contribution in [2.24, 2.45) is 0 Å². The van der Waals surface area contributed by atoms with Gasteiger partial charge in [0.1, 0.15) is 0 Å². The molecule has 0 aromatic heterocycles. The maximum atomic E-state index is 11.1. The van der Waals surface area contributed by atoms with Gasteiger partial charge in [0.25, 0.3) is 0 Å². The highest BCUT2D eigenvalue weighted by atomic mass is 32.2. The molecule has 0 radical (unpaired) electrons. The largest absolute Gasteiger partial charge is 0.462 e. The standard InChI is InChI=1S/C26H30O4S6/c1-3-23(27)29-11-9-21-15-33-25(35-21)17-31-13-19-5-7-20(8-6-19)14-32-18-26-34-16-22(36-26)10-12-30-24(28)4-2/h3-8,15-16,25-26H,1-2,9-14,17-18H2. The van der Waals surface area contributed by atoms with E-state index in [-0.39, 0.29) is 11.9 Å². The van der Waals surface area contributed by atoms with Crippen LogP contribution in [0.3, 0.4) is 0 Å². The van der Waals surface area contributed by atoms with Crippen LogP contribution in [0.15, 0.2) is 70.2 Å². The second-order valence-electron chi connectivity index (χ2n) is 7.63. The minimum atomic E-state index is -0.358. The zero-order chi connectivity index (χ0) is 25.6. The van der Waals surface area contributed by atoms with Crippen molar-refractivity contribution < 1.29 is 19.1 Å². The quantitative estimate of drug-likeness (QED) is 0.140. The van der Waals surface area contributed by atoms with Gasteiger partial charge in [-0.25, -0.2) is 9.59 Å². The number of ether oxygens (including phenoxy) is 2. The predicted octanol–water partition coefficient (Wildman–Crippen LogP) is 7.69. The lowest BCUT2D eigenvalue weighted by Gasteiger charge is -2.10. The van der Waals surface area contributed by atoms with Crippen molar-refractivity contribution in [3.63, 3.8) is 0 Å². The van der Waals surface area contributed by atoms with Crippen LogP contribution in [0.25, 0.3) is 0 Å². The molecule has 0 saturated carbocycles. The minimum Gasteiger partial charge on any atom is -0.462 e. The highest BCUT2D eigenvalue weighted by Gasteiger charge is 2.20. The molecular weight excluding hydrogens is 569 g/mol. The van der Waals surface area contributed by atoms with Gasteiger partial charge in [-0.1, -0.05) is 37.4 Å². The number of rotatable bonds is 16. The molecule has 194 valence electrons. The molecule has 2 heterocycles. The van der Waals surface area contributed by atoms with E-state index in [0.717, 1.165) is 35.9 Å². The van der Waals surface area contributed by atoms with E-state index in [1.165, 1.54) is 33.1 Å². The highest BCUT2D eigenvalue weighted by Crippen LogP contribution is 2.44. The third-order valence-corrected chi connectivity index (χ3v) is 13.3. The first-order valence-corrected chi connectivity index (χ1v) is 17.3. The molecule has 2 atom stereocenters. The number of thioether (sulfide) groups is 6. The number of esters is 2. The summed E-state index contributed by atoms with van der Waals surface area (Å²) in [5.74, 6) is 3.49. The number of hydrogen-bond acceptors (Lipinski definition) is 10. The molecule has 2 aliphatic rings. The van der Waals surface area contributed by atoms with E-state index in [1.807, 2.05) is 70.6 Å². The van der Waals surface area contributed by atoms with Crippen molar-refractivity contribution >= 4 is 82.5 Å². The van der Waals surface area contributed by atoms with Crippen LogP contribution in [0.5, 0.6) is 0 Å². The lowest BCUT2D eigenvalue weighted by Crippen LogP contribution is -2.02. The highest BCUT2D eigenvalue weighted by molar-refractivity contribution is 8.24. The van der Waals surface area contributed by atoms with Gasteiger partial charge in [-0.05, 0) is 31.8 Å². The van der Waals surface area contributed by atoms with E-state index in [0.29, 0.717) is 22.4 Å². The van der Waals surface area contributed by atoms with E-state index < -0.39 is 0 Å². The second kappa shape index (κ2) is 16.9. The van der Waals surface area contributed by atoms with Crippen molar-refractivity contribution in [1.29, 1.82) is 0 Å². The molecule has 0 spiro atoms. The Morgan fingerprint density at radius 1 is 0.778 bits per heavy atom. The van der Waals surface area contributed by atoms with Crippen LogP contribution in [0, 0.1) is 0 Å². The molecule has 0 fully saturated rings. The zero-order valence-corrected chi connectivity index (χ0v) is 24.8. The van der Waals surface area contributed by atoms with Gasteiger partial charge < -0.3 is 9.47 Å². The topological polar surface area (TPSA) is 52.6 Å². The maximum absolute atomic E-state index is 11.1. The molecule has 2 aliphatic heterocycles. The lowest BCUT2D eigenvalue weighted by atomic mass is 10.2. The van der Waals surface area contributed by atoms with Gasteiger partial charge >= 0.3 is 11.9 Å². The fourth-order valence-electron chi connectivity index (χ4n) is 3.03. The van der Waals surface area contributed by atoms with E-state index in [4.69, 9.17) is 9.47 Å². The SMILES string of the molecule is C=CC(=O)OCCC1=CSC(CSCc2ccc(CSCC3SC=C(CCOC(=O)C=C)S3)cc2)S1. The first kappa shape index (κ1) is 29.8. The third-order valence-electron chi connectivity index (χ3n) is 4.86. The molecule has 3 rings (SSSR count). The Balaban J connectivity index is 1.23. The van der Waals surface area contributed by atoms with Crippen molar-refractivity contribution in [3.8, 4) is 0 Å². The fraction of sp³-hybridized carbons (Fsp3) is 0.385. The summed E-state index contributed by atoms with van der Waals surface area (Å²) in [5.41, 5.74) is 2.72. The Labute approximate surface area is 239 Å². The first-order valence-electron chi connectivity index (χ1n) is 11.4. The first-order chi connectivity index (χ1) is 17.6. The van der Waals surface area contributed by atoms with Crippen molar-refractivity contribution in [2.75, 3.05) is 24.7 Å². The van der Waals surface area contributed by atoms with Crippen LogP contribution >= 0.6 is 70.6 Å². The molecular formula is C26H30O4S6. The smallest absolute Gasteiger partial charge is 0.330 e. The van der Waals surface area contributed by atoms with Crippen molar-refractivity contribution in [1.82, 2.24) is 0 Å². The normalized spacial score (nSPS) is 18.9. The Bertz CT molecular complexity index is 883. The van der Waals surface area contributed by atoms with Gasteiger partial charge in [0.05, 0.1) is 22.4 Å². The minimum absolute atomic E-state index is 0.358. The van der Waals surface area contributed by atoms with Gasteiger partial charge in [0, 0.05) is 48.0 Å². The number of carbonyl (C=O) groups is 2. The summed E-state index contributed by atoms with van der Waals surface area (Å²) < 4.78 is 11.2. The van der Waals surface area contributed by atoms with Crippen LogP contribution in [-0.2, 0) is 30.6 Å². The van der Waals surface area contributed by atoms with Gasteiger partial charge in [0.15, 0.2) is 0 Å². The molecule has 0 N–H and O–H groups in total. The van der Waals surface area contributed by atoms with Crippen LogP contribution in [0.4, 0.5) is 0 Å². The van der Waals surface area contributed by atoms with Crippen molar-refractivity contribution in [3.05, 3.63) is 81.3 Å². The molecule has 10 heteroatoms. The van der Waals surface area contributed by atoms with Gasteiger partial charge in [0.2, 0.25) is 0 Å². The fourth-order valence-corrected chi connectivity index (χ4v) is 11.1. The molecule has 0 amide bonds. The zero-order valence-electron chi connectivity index (χ0n) is 19.9. The third kappa shape index (κ3) is 11.3. The van der Waals surface area contributed by atoms with Crippen molar-refractivity contribution in [2.45, 2.75) is 33.5 Å². The molecule has 1 aromatic carbocycles.